The molecule has 0 amide bonds. The van der Waals surface area contributed by atoms with Gasteiger partial charge in [-0.3, -0.25) is 9.69 Å². The van der Waals surface area contributed by atoms with Gasteiger partial charge in [0.1, 0.15) is 5.75 Å². The summed E-state index contributed by atoms with van der Waals surface area (Å²) in [4.78, 5) is 12.6. The van der Waals surface area contributed by atoms with Gasteiger partial charge in [0, 0.05) is 12.6 Å². The lowest BCUT2D eigenvalue weighted by molar-refractivity contribution is -0.139. The molecule has 1 saturated heterocycles. The van der Waals surface area contributed by atoms with Gasteiger partial charge >= 0.3 is 5.97 Å². The van der Waals surface area contributed by atoms with Crippen LogP contribution in [0.15, 0.2) is 24.3 Å². The Balaban J connectivity index is 2.11. The van der Waals surface area contributed by atoms with Crippen LogP contribution in [0, 0.1) is 0 Å². The van der Waals surface area contributed by atoms with E-state index in [4.69, 9.17) is 5.11 Å². The van der Waals surface area contributed by atoms with E-state index in [9.17, 15) is 18.3 Å². The van der Waals surface area contributed by atoms with E-state index in [2.05, 4.69) is 0 Å². The maximum absolute atomic E-state index is 11.5. The van der Waals surface area contributed by atoms with E-state index in [1.165, 1.54) is 12.1 Å². The average Bonchev–Trinajstić information content (AvgIpc) is 2.71. The fourth-order valence-electron chi connectivity index (χ4n) is 2.39. The van der Waals surface area contributed by atoms with Crippen molar-refractivity contribution in [2.24, 2.45) is 0 Å². The highest BCUT2D eigenvalue weighted by atomic mass is 32.2. The highest BCUT2D eigenvalue weighted by molar-refractivity contribution is 7.91. The first-order valence-corrected chi connectivity index (χ1v) is 8.12. The minimum atomic E-state index is -3.05. The summed E-state index contributed by atoms with van der Waals surface area (Å²) in [5.41, 5.74) is 0.841. The molecule has 1 atom stereocenters. The number of carboxylic acid groups (broad SMARTS) is 1. The number of sulfone groups is 1. The van der Waals surface area contributed by atoms with Crippen LogP contribution >= 0.6 is 0 Å². The zero-order valence-corrected chi connectivity index (χ0v) is 11.7. The number of nitrogens with zero attached hydrogens (tertiary/aromatic N) is 1. The molecule has 2 N–H and O–H groups in total. The maximum atomic E-state index is 11.5. The Hall–Kier alpha value is -1.60. The molecule has 1 aliphatic rings. The van der Waals surface area contributed by atoms with Crippen LogP contribution in [-0.4, -0.2) is 53.6 Å². The van der Waals surface area contributed by atoms with Crippen LogP contribution in [0.1, 0.15) is 12.0 Å². The topological polar surface area (TPSA) is 94.9 Å². The summed E-state index contributed by atoms with van der Waals surface area (Å²) in [6.07, 6.45) is 0.466. The molecular weight excluding hydrogens is 282 g/mol. The largest absolute Gasteiger partial charge is 0.508 e. The standard InChI is InChI=1S/C13H17NO5S/c15-12-3-1-10(2-4-12)7-14(8-13(16)17)11-5-6-20(18,19)9-11/h1-4,11,15H,5-9H2,(H,16,17). The molecule has 0 radical (unpaired) electrons. The van der Waals surface area contributed by atoms with E-state index < -0.39 is 15.8 Å². The predicted molar refractivity (Wildman–Crippen MR) is 73.2 cm³/mol. The highest BCUT2D eigenvalue weighted by Crippen LogP contribution is 2.20. The minimum Gasteiger partial charge on any atom is -0.508 e. The van der Waals surface area contributed by atoms with Gasteiger partial charge in [-0.15, -0.1) is 0 Å². The van der Waals surface area contributed by atoms with Crippen molar-refractivity contribution in [2.45, 2.75) is 19.0 Å². The van der Waals surface area contributed by atoms with Gasteiger partial charge in [0.25, 0.3) is 0 Å². The van der Waals surface area contributed by atoms with Crippen LogP contribution in [0.4, 0.5) is 0 Å². The van der Waals surface area contributed by atoms with E-state index >= 15 is 0 Å². The summed E-state index contributed by atoms with van der Waals surface area (Å²) >= 11 is 0. The maximum Gasteiger partial charge on any atom is 0.317 e. The van der Waals surface area contributed by atoms with Crippen LogP contribution < -0.4 is 0 Å². The van der Waals surface area contributed by atoms with Gasteiger partial charge in [0.05, 0.1) is 18.1 Å². The third kappa shape index (κ3) is 3.94. The summed E-state index contributed by atoms with van der Waals surface area (Å²) in [7, 11) is -3.05. The van der Waals surface area contributed by atoms with Gasteiger partial charge in [-0.2, -0.15) is 0 Å². The molecule has 1 fully saturated rings. The Labute approximate surface area is 117 Å². The smallest absolute Gasteiger partial charge is 0.317 e. The van der Waals surface area contributed by atoms with E-state index in [0.29, 0.717) is 13.0 Å². The molecule has 1 heterocycles. The lowest BCUT2D eigenvalue weighted by Gasteiger charge is -2.26. The average molecular weight is 299 g/mol. The number of hydrogen-bond acceptors (Lipinski definition) is 5. The monoisotopic (exact) mass is 299 g/mol. The molecule has 6 nitrogen and oxygen atoms in total. The Morgan fingerprint density at radius 2 is 1.95 bits per heavy atom. The van der Waals surface area contributed by atoms with Crippen molar-refractivity contribution >= 4 is 15.8 Å². The molecule has 0 bridgehead atoms. The van der Waals surface area contributed by atoms with E-state index in [1.807, 2.05) is 0 Å². The fourth-order valence-corrected chi connectivity index (χ4v) is 4.15. The van der Waals surface area contributed by atoms with Gasteiger partial charge in [0.2, 0.25) is 0 Å². The third-order valence-corrected chi connectivity index (χ3v) is 5.14. The van der Waals surface area contributed by atoms with Crippen molar-refractivity contribution in [3.05, 3.63) is 29.8 Å². The quantitative estimate of drug-likeness (QED) is 0.820. The Morgan fingerprint density at radius 1 is 1.30 bits per heavy atom. The first-order chi connectivity index (χ1) is 9.35. The van der Waals surface area contributed by atoms with Crippen LogP contribution in [-0.2, 0) is 21.2 Å². The molecule has 110 valence electrons. The van der Waals surface area contributed by atoms with Crippen molar-refractivity contribution in [3.8, 4) is 5.75 Å². The first-order valence-electron chi connectivity index (χ1n) is 6.30. The lowest BCUT2D eigenvalue weighted by Crippen LogP contribution is -2.39. The molecule has 0 saturated carbocycles. The van der Waals surface area contributed by atoms with E-state index in [0.717, 1.165) is 5.56 Å². The van der Waals surface area contributed by atoms with E-state index in [1.54, 1.807) is 17.0 Å². The molecule has 0 spiro atoms. The van der Waals surface area contributed by atoms with Gasteiger partial charge in [0.15, 0.2) is 9.84 Å². The van der Waals surface area contributed by atoms with Gasteiger partial charge < -0.3 is 10.2 Å². The number of phenols is 1. The molecule has 0 aromatic heterocycles. The van der Waals surface area contributed by atoms with Crippen molar-refractivity contribution in [2.75, 3.05) is 18.1 Å². The number of aliphatic carboxylic acids is 1. The Kier molecular flexibility index (Phi) is 4.29. The van der Waals surface area contributed by atoms with Crippen LogP contribution in [0.2, 0.25) is 0 Å². The molecule has 20 heavy (non-hydrogen) atoms. The number of hydrogen-bond donors (Lipinski definition) is 2. The first kappa shape index (κ1) is 14.8. The van der Waals surface area contributed by atoms with Crippen molar-refractivity contribution in [1.29, 1.82) is 0 Å². The lowest BCUT2D eigenvalue weighted by atomic mass is 10.1. The Bertz CT molecular complexity index is 581. The second kappa shape index (κ2) is 5.80. The summed E-state index contributed by atoms with van der Waals surface area (Å²) in [5, 5.41) is 18.2. The van der Waals surface area contributed by atoms with Crippen LogP contribution in [0.3, 0.4) is 0 Å². The molecular formula is C13H17NO5S. The summed E-state index contributed by atoms with van der Waals surface area (Å²) in [5.74, 6) is -0.711. The van der Waals surface area contributed by atoms with Crippen LogP contribution in [0.5, 0.6) is 5.75 Å². The normalized spacial score (nSPS) is 21.1. The molecule has 1 aliphatic heterocycles. The Morgan fingerprint density at radius 3 is 2.45 bits per heavy atom. The predicted octanol–water partition coefficient (Wildman–Crippen LogP) is 0.466. The minimum absolute atomic E-state index is 0.0123. The number of benzene rings is 1. The van der Waals surface area contributed by atoms with Crippen LogP contribution in [0.25, 0.3) is 0 Å². The molecule has 7 heteroatoms. The van der Waals surface area contributed by atoms with Crippen molar-refractivity contribution in [1.82, 2.24) is 4.90 Å². The molecule has 1 aromatic carbocycles. The second-order valence-electron chi connectivity index (χ2n) is 5.02. The van der Waals surface area contributed by atoms with Crippen molar-refractivity contribution in [3.63, 3.8) is 0 Å². The van der Waals surface area contributed by atoms with Gasteiger partial charge in [-0.05, 0) is 24.1 Å². The highest BCUT2D eigenvalue weighted by Gasteiger charge is 2.33. The zero-order valence-electron chi connectivity index (χ0n) is 10.9. The molecule has 0 aliphatic carbocycles. The fraction of sp³-hybridized carbons (Fsp3) is 0.462. The van der Waals surface area contributed by atoms with Crippen molar-refractivity contribution < 1.29 is 23.4 Å². The molecule has 2 rings (SSSR count). The van der Waals surface area contributed by atoms with Gasteiger partial charge in [-0.25, -0.2) is 8.42 Å². The SMILES string of the molecule is O=C(O)CN(Cc1ccc(O)cc1)C1CCS(=O)(=O)C1. The number of aromatic hydroxyl groups is 1. The second-order valence-corrected chi connectivity index (χ2v) is 7.25. The number of rotatable bonds is 5. The van der Waals surface area contributed by atoms with E-state index in [-0.39, 0.29) is 29.8 Å². The summed E-state index contributed by atoms with van der Waals surface area (Å²) in [6.45, 7) is 0.161. The van der Waals surface area contributed by atoms with Gasteiger partial charge in [-0.1, -0.05) is 12.1 Å². The third-order valence-electron chi connectivity index (χ3n) is 3.39. The molecule has 1 aromatic rings. The molecule has 1 unspecified atom stereocenters. The number of carbonyl (C=O) groups is 1. The zero-order chi connectivity index (χ0) is 14.8. The summed E-state index contributed by atoms with van der Waals surface area (Å²) in [6, 6.07) is 6.20. The number of phenolic OH excluding ortho intramolecular Hbond substituents is 1. The summed E-state index contributed by atoms with van der Waals surface area (Å²) < 4.78 is 23.0. The number of carboxylic acids is 1.